The smallest absolute Gasteiger partial charge is 0.353 e. The number of rotatable bonds is 0. The average molecular weight is 182 g/mol. The highest BCUT2D eigenvalue weighted by atomic mass is 31.0. The highest BCUT2D eigenvalue weighted by molar-refractivity contribution is 7.14. The molecule has 0 radical (unpaired) electrons. The summed E-state index contributed by atoms with van der Waals surface area (Å²) in [4.78, 5) is 11.3. The molecule has 0 amide bonds. The van der Waals surface area contributed by atoms with Crippen LogP contribution in [0.15, 0.2) is 23.1 Å². The van der Waals surface area contributed by atoms with E-state index in [4.69, 9.17) is 5.73 Å². The number of anilines is 1. The van der Waals surface area contributed by atoms with Crippen molar-refractivity contribution in [3.05, 3.63) is 28.8 Å². The van der Waals surface area contributed by atoms with Crippen LogP contribution in [-0.4, -0.2) is 14.0 Å². The van der Waals surface area contributed by atoms with E-state index < -0.39 is 0 Å². The number of pyridine rings is 1. The van der Waals surface area contributed by atoms with Crippen molar-refractivity contribution in [1.82, 2.24) is 14.0 Å². The Morgan fingerprint density at radius 3 is 3.00 bits per heavy atom. The first-order valence-corrected chi connectivity index (χ1v) is 3.83. The second-order valence-electron chi connectivity index (χ2n) is 2.38. The van der Waals surface area contributed by atoms with E-state index >= 15 is 0 Å². The molecule has 2 aromatic rings. The first-order valence-electron chi connectivity index (χ1n) is 3.31. The zero-order valence-electron chi connectivity index (χ0n) is 6.14. The highest BCUT2D eigenvalue weighted by Crippen LogP contribution is 2.07. The third kappa shape index (κ3) is 0.833. The van der Waals surface area contributed by atoms with Gasteiger partial charge in [-0.05, 0) is 21.5 Å². The SMILES string of the molecule is Nc1cccn2c(=O)n(P)nc12. The van der Waals surface area contributed by atoms with Crippen LogP contribution in [0, 0.1) is 0 Å². The lowest BCUT2D eigenvalue weighted by Crippen LogP contribution is -2.13. The van der Waals surface area contributed by atoms with Crippen molar-refractivity contribution in [2.75, 3.05) is 5.73 Å². The lowest BCUT2D eigenvalue weighted by atomic mass is 10.4. The van der Waals surface area contributed by atoms with E-state index in [0.29, 0.717) is 11.3 Å². The quantitative estimate of drug-likeness (QED) is 0.569. The van der Waals surface area contributed by atoms with Crippen molar-refractivity contribution in [3.63, 3.8) is 0 Å². The van der Waals surface area contributed by atoms with Crippen molar-refractivity contribution in [1.29, 1.82) is 0 Å². The summed E-state index contributed by atoms with van der Waals surface area (Å²) in [5.74, 6) is 0. The van der Waals surface area contributed by atoms with E-state index in [0.717, 1.165) is 0 Å². The summed E-state index contributed by atoms with van der Waals surface area (Å²) in [5, 5.41) is 3.92. The molecular formula is C6H7N4OP. The Morgan fingerprint density at radius 1 is 1.58 bits per heavy atom. The fourth-order valence-electron chi connectivity index (χ4n) is 1.03. The number of hydrogen-bond acceptors (Lipinski definition) is 3. The Morgan fingerprint density at radius 2 is 2.33 bits per heavy atom. The topological polar surface area (TPSA) is 65.3 Å². The molecule has 0 aromatic carbocycles. The molecule has 0 aliphatic carbocycles. The predicted molar refractivity (Wildman–Crippen MR) is 49.0 cm³/mol. The second-order valence-corrected chi connectivity index (χ2v) is 2.87. The number of fused-ring (bicyclic) bond motifs is 1. The molecule has 0 spiro atoms. The summed E-state index contributed by atoms with van der Waals surface area (Å²) in [6.07, 6.45) is 1.63. The van der Waals surface area contributed by atoms with Crippen molar-refractivity contribution in [2.45, 2.75) is 0 Å². The van der Waals surface area contributed by atoms with Crippen LogP contribution in [0.1, 0.15) is 0 Å². The summed E-state index contributed by atoms with van der Waals surface area (Å²) < 4.78 is 2.56. The third-order valence-corrected chi connectivity index (χ3v) is 1.94. The van der Waals surface area contributed by atoms with Crippen LogP contribution < -0.4 is 11.4 Å². The van der Waals surface area contributed by atoms with Gasteiger partial charge in [-0.3, -0.25) is 0 Å². The van der Waals surface area contributed by atoms with Crippen LogP contribution in [0.3, 0.4) is 0 Å². The first-order chi connectivity index (χ1) is 5.70. The average Bonchev–Trinajstić information content (AvgIpc) is 2.32. The zero-order chi connectivity index (χ0) is 8.72. The number of nitrogen functional groups attached to an aromatic ring is 1. The Kier molecular flexibility index (Phi) is 1.41. The molecule has 2 rings (SSSR count). The Bertz CT molecular complexity index is 486. The van der Waals surface area contributed by atoms with Gasteiger partial charge in [0.15, 0.2) is 5.65 Å². The molecule has 0 aliphatic heterocycles. The van der Waals surface area contributed by atoms with Gasteiger partial charge < -0.3 is 5.73 Å². The molecule has 1 unspecified atom stereocenters. The number of nitrogens with zero attached hydrogens (tertiary/aromatic N) is 3. The zero-order valence-corrected chi connectivity index (χ0v) is 7.29. The van der Waals surface area contributed by atoms with E-state index in [-0.39, 0.29) is 5.69 Å². The van der Waals surface area contributed by atoms with Crippen molar-refractivity contribution >= 4 is 20.7 Å². The number of aromatic nitrogens is 3. The molecule has 2 N–H and O–H groups in total. The molecule has 0 aliphatic rings. The summed E-state index contributed by atoms with van der Waals surface area (Å²) in [6.45, 7) is 0. The summed E-state index contributed by atoms with van der Waals surface area (Å²) in [5.41, 5.74) is 6.35. The van der Waals surface area contributed by atoms with Gasteiger partial charge in [0.25, 0.3) is 0 Å². The van der Waals surface area contributed by atoms with Crippen molar-refractivity contribution < 1.29 is 0 Å². The second kappa shape index (κ2) is 2.32. The van der Waals surface area contributed by atoms with Crippen molar-refractivity contribution in [3.8, 4) is 0 Å². The third-order valence-electron chi connectivity index (χ3n) is 1.60. The summed E-state index contributed by atoms with van der Waals surface area (Å²) in [7, 11) is 2.20. The normalized spacial score (nSPS) is 10.8. The Balaban J connectivity index is 3.05. The molecule has 1 atom stereocenters. The maximum Gasteiger partial charge on any atom is 0.353 e. The Labute approximate surface area is 70.1 Å². The van der Waals surface area contributed by atoms with Gasteiger partial charge in [0, 0.05) is 6.20 Å². The Hall–Kier alpha value is -1.35. The summed E-state index contributed by atoms with van der Waals surface area (Å²) in [6, 6.07) is 3.41. The lowest BCUT2D eigenvalue weighted by Gasteiger charge is -1.91. The van der Waals surface area contributed by atoms with Gasteiger partial charge >= 0.3 is 5.69 Å². The van der Waals surface area contributed by atoms with E-state index in [9.17, 15) is 4.79 Å². The van der Waals surface area contributed by atoms with Gasteiger partial charge in [0.2, 0.25) is 0 Å². The number of hydrogen-bond donors (Lipinski definition) is 1. The molecule has 0 fully saturated rings. The van der Waals surface area contributed by atoms with Gasteiger partial charge in [0.05, 0.1) is 5.69 Å². The van der Waals surface area contributed by atoms with Gasteiger partial charge in [-0.15, -0.1) is 5.10 Å². The fourth-order valence-corrected chi connectivity index (χ4v) is 1.27. The first kappa shape index (κ1) is 7.31. The molecule has 2 aromatic heterocycles. The largest absolute Gasteiger partial charge is 0.396 e. The van der Waals surface area contributed by atoms with Crippen LogP contribution in [0.25, 0.3) is 5.65 Å². The molecule has 2 heterocycles. The minimum Gasteiger partial charge on any atom is -0.396 e. The van der Waals surface area contributed by atoms with E-state index in [1.807, 2.05) is 0 Å². The molecule has 12 heavy (non-hydrogen) atoms. The number of nitrogens with two attached hydrogens (primary N) is 1. The van der Waals surface area contributed by atoms with Gasteiger partial charge in [-0.1, -0.05) is 0 Å². The minimum atomic E-state index is -0.220. The van der Waals surface area contributed by atoms with Crippen molar-refractivity contribution in [2.24, 2.45) is 0 Å². The maximum absolute atomic E-state index is 11.3. The molecule has 6 heteroatoms. The monoisotopic (exact) mass is 182 g/mol. The van der Waals surface area contributed by atoms with Crippen LogP contribution >= 0.6 is 9.39 Å². The standard InChI is InChI=1S/C6H7N4OP/c7-4-2-1-3-9-5(4)8-10(12)6(9)11/h1-3H,7,12H2. The van der Waals surface area contributed by atoms with Crippen LogP contribution in [0.4, 0.5) is 5.69 Å². The molecule has 0 saturated carbocycles. The van der Waals surface area contributed by atoms with E-state index in [1.165, 1.54) is 8.85 Å². The van der Waals surface area contributed by atoms with Gasteiger partial charge in [-0.2, -0.15) is 4.45 Å². The molecule has 0 saturated heterocycles. The van der Waals surface area contributed by atoms with Crippen LogP contribution in [0.2, 0.25) is 0 Å². The molecule has 0 bridgehead atoms. The van der Waals surface area contributed by atoms with Crippen LogP contribution in [0.5, 0.6) is 0 Å². The molecule has 5 nitrogen and oxygen atoms in total. The van der Waals surface area contributed by atoms with E-state index in [1.54, 1.807) is 18.3 Å². The highest BCUT2D eigenvalue weighted by Gasteiger charge is 2.04. The summed E-state index contributed by atoms with van der Waals surface area (Å²) >= 11 is 0. The van der Waals surface area contributed by atoms with E-state index in [2.05, 4.69) is 14.5 Å². The minimum absolute atomic E-state index is 0.220. The van der Waals surface area contributed by atoms with Crippen LogP contribution in [-0.2, 0) is 0 Å². The lowest BCUT2D eigenvalue weighted by molar-refractivity contribution is 0.956. The fraction of sp³-hybridized carbons (Fsp3) is 0. The molecular weight excluding hydrogens is 175 g/mol. The molecule has 62 valence electrons. The van der Waals surface area contributed by atoms with Gasteiger partial charge in [0.1, 0.15) is 0 Å². The predicted octanol–water partition coefficient (Wildman–Crippen LogP) is -0.284. The van der Waals surface area contributed by atoms with Gasteiger partial charge in [-0.25, -0.2) is 9.20 Å². The maximum atomic E-state index is 11.3.